The first-order valence-electron chi connectivity index (χ1n) is 9.20. The molecular formula is C23H17N3O2S2. The molecule has 0 aliphatic rings. The van der Waals surface area contributed by atoms with E-state index in [0.29, 0.717) is 29.3 Å². The lowest BCUT2D eigenvalue weighted by Gasteiger charge is -2.12. The van der Waals surface area contributed by atoms with Crippen LogP contribution in [0.3, 0.4) is 0 Å². The summed E-state index contributed by atoms with van der Waals surface area (Å²) in [7, 11) is 0. The number of nitrogens with one attached hydrogen (secondary N) is 1. The molecule has 0 bridgehead atoms. The van der Waals surface area contributed by atoms with Crippen LogP contribution in [0.2, 0.25) is 0 Å². The Balaban J connectivity index is 1.43. The van der Waals surface area contributed by atoms with Crippen LogP contribution in [0.15, 0.2) is 72.2 Å². The second-order valence-electron chi connectivity index (χ2n) is 6.39. The minimum atomic E-state index is -0.191. The molecule has 0 aliphatic carbocycles. The van der Waals surface area contributed by atoms with E-state index in [0.717, 1.165) is 21.0 Å². The fourth-order valence-corrected chi connectivity index (χ4v) is 4.42. The van der Waals surface area contributed by atoms with Crippen molar-refractivity contribution in [1.82, 2.24) is 4.98 Å². The Morgan fingerprint density at radius 3 is 2.70 bits per heavy atom. The Bertz CT molecular complexity index is 1180. The fourth-order valence-electron chi connectivity index (χ4n) is 2.80. The molecule has 7 heteroatoms. The maximum atomic E-state index is 12.7. The lowest BCUT2D eigenvalue weighted by Crippen LogP contribution is -2.12. The van der Waals surface area contributed by atoms with E-state index in [1.807, 2.05) is 66.0 Å². The number of hydrogen-bond donors (Lipinski definition) is 1. The molecule has 0 atom stereocenters. The molecule has 0 fully saturated rings. The van der Waals surface area contributed by atoms with Gasteiger partial charge in [0.05, 0.1) is 23.6 Å². The molecule has 5 nitrogen and oxygen atoms in total. The summed E-state index contributed by atoms with van der Waals surface area (Å²) in [6.07, 6.45) is 1.98. The molecule has 0 saturated carbocycles. The highest BCUT2D eigenvalue weighted by Gasteiger charge is 2.14. The molecule has 0 unspecified atom stereocenters. The number of carbonyl (C=O) groups is 1. The average molecular weight is 432 g/mol. The summed E-state index contributed by atoms with van der Waals surface area (Å²) in [6, 6.07) is 21.1. The second-order valence-corrected chi connectivity index (χ2v) is 8.36. The maximum Gasteiger partial charge on any atom is 0.267 e. The van der Waals surface area contributed by atoms with E-state index in [2.05, 4.69) is 16.4 Å². The second kappa shape index (κ2) is 9.35. The molecule has 1 N–H and O–H groups in total. The zero-order valence-electron chi connectivity index (χ0n) is 15.9. The van der Waals surface area contributed by atoms with E-state index in [1.54, 1.807) is 17.5 Å². The normalized spacial score (nSPS) is 10.4. The van der Waals surface area contributed by atoms with Gasteiger partial charge in [-0.2, -0.15) is 5.26 Å². The van der Waals surface area contributed by atoms with Crippen molar-refractivity contribution < 1.29 is 9.53 Å². The van der Waals surface area contributed by atoms with Gasteiger partial charge in [-0.25, -0.2) is 4.98 Å². The highest BCUT2D eigenvalue weighted by Crippen LogP contribution is 2.29. The molecule has 30 heavy (non-hydrogen) atoms. The van der Waals surface area contributed by atoms with Crippen molar-refractivity contribution in [2.75, 3.05) is 5.32 Å². The molecule has 4 rings (SSSR count). The van der Waals surface area contributed by atoms with E-state index < -0.39 is 0 Å². The van der Waals surface area contributed by atoms with Crippen LogP contribution in [-0.2, 0) is 13.0 Å². The van der Waals surface area contributed by atoms with Crippen molar-refractivity contribution >= 4 is 34.3 Å². The number of nitriles is 1. The lowest BCUT2D eigenvalue weighted by atomic mass is 10.1. The van der Waals surface area contributed by atoms with Crippen LogP contribution in [0.5, 0.6) is 5.75 Å². The molecule has 2 heterocycles. The van der Waals surface area contributed by atoms with Gasteiger partial charge in [0, 0.05) is 11.3 Å². The number of rotatable bonds is 7. The number of amides is 1. The van der Waals surface area contributed by atoms with Gasteiger partial charge >= 0.3 is 0 Å². The summed E-state index contributed by atoms with van der Waals surface area (Å²) in [5, 5.41) is 14.6. The topological polar surface area (TPSA) is 75.0 Å². The summed E-state index contributed by atoms with van der Waals surface area (Å²) >= 11 is 2.97. The zero-order chi connectivity index (χ0) is 20.8. The van der Waals surface area contributed by atoms with E-state index in [4.69, 9.17) is 10.00 Å². The number of anilines is 1. The van der Waals surface area contributed by atoms with Gasteiger partial charge in [0.25, 0.3) is 5.91 Å². The van der Waals surface area contributed by atoms with Crippen LogP contribution < -0.4 is 10.1 Å². The Kier molecular flexibility index (Phi) is 6.18. The van der Waals surface area contributed by atoms with Crippen molar-refractivity contribution in [2.45, 2.75) is 13.0 Å². The fraction of sp³-hybridized carbons (Fsp3) is 0.0870. The van der Waals surface area contributed by atoms with E-state index in [9.17, 15) is 4.79 Å². The average Bonchev–Trinajstić information content (AvgIpc) is 3.46. The summed E-state index contributed by atoms with van der Waals surface area (Å²) in [6.45, 7) is 0.317. The molecule has 148 valence electrons. The third-order valence-electron chi connectivity index (χ3n) is 4.33. The third-order valence-corrected chi connectivity index (χ3v) is 6.36. The highest BCUT2D eigenvalue weighted by atomic mass is 32.1. The Morgan fingerprint density at radius 1 is 1.10 bits per heavy atom. The Hall–Kier alpha value is -3.47. The number of benzene rings is 2. The molecule has 1 amide bonds. The number of hydrogen-bond acceptors (Lipinski definition) is 6. The largest absolute Gasteiger partial charge is 0.489 e. The Morgan fingerprint density at radius 2 is 1.93 bits per heavy atom. The quantitative estimate of drug-likeness (QED) is 0.403. The zero-order valence-corrected chi connectivity index (χ0v) is 17.5. The molecule has 2 aromatic carbocycles. The molecule has 0 radical (unpaired) electrons. The monoisotopic (exact) mass is 431 g/mol. The van der Waals surface area contributed by atoms with Crippen LogP contribution in [0.4, 0.5) is 5.69 Å². The smallest absolute Gasteiger partial charge is 0.267 e. The van der Waals surface area contributed by atoms with Gasteiger partial charge in [0.2, 0.25) is 0 Å². The first-order chi connectivity index (χ1) is 14.7. The van der Waals surface area contributed by atoms with Gasteiger partial charge in [-0.15, -0.1) is 22.7 Å². The van der Waals surface area contributed by atoms with Crippen LogP contribution >= 0.6 is 22.7 Å². The van der Waals surface area contributed by atoms with Crippen molar-refractivity contribution in [3.8, 4) is 21.7 Å². The first kappa shape index (κ1) is 19.8. The minimum Gasteiger partial charge on any atom is -0.489 e. The van der Waals surface area contributed by atoms with Crippen molar-refractivity contribution in [3.05, 3.63) is 88.2 Å². The van der Waals surface area contributed by atoms with E-state index in [-0.39, 0.29) is 5.91 Å². The molecule has 0 aliphatic heterocycles. The number of ether oxygens (including phenoxy) is 1. The van der Waals surface area contributed by atoms with Gasteiger partial charge in [-0.1, -0.05) is 36.4 Å². The van der Waals surface area contributed by atoms with Gasteiger partial charge in [0.1, 0.15) is 22.2 Å². The lowest BCUT2D eigenvalue weighted by molar-refractivity contribution is 0.103. The molecular weight excluding hydrogens is 414 g/mol. The number of nitrogens with zero attached hydrogens (tertiary/aromatic N) is 2. The summed E-state index contributed by atoms with van der Waals surface area (Å²) < 4.78 is 5.86. The van der Waals surface area contributed by atoms with Gasteiger partial charge in [0.15, 0.2) is 0 Å². The van der Waals surface area contributed by atoms with Crippen LogP contribution in [0, 0.1) is 11.3 Å². The standard InChI is InChI=1S/C23H17N3O2S2/c24-12-11-16-7-9-18(10-8-16)28-15-17-4-1-2-5-19(17)26-22(27)21-14-25-23(30-21)20-6-3-13-29-20/h1-10,13-14H,11,15H2,(H,26,27). The van der Waals surface area contributed by atoms with Crippen LogP contribution in [0.25, 0.3) is 9.88 Å². The SMILES string of the molecule is N#CCc1ccc(OCc2ccccc2NC(=O)c2cnc(-c3cccs3)s2)cc1. The number of thiazole rings is 1. The molecule has 0 saturated heterocycles. The van der Waals surface area contributed by atoms with Gasteiger partial charge < -0.3 is 10.1 Å². The first-order valence-corrected chi connectivity index (χ1v) is 10.9. The Labute approximate surface area is 182 Å². The molecule has 2 aromatic heterocycles. The summed E-state index contributed by atoms with van der Waals surface area (Å²) in [5.41, 5.74) is 2.52. The number of aromatic nitrogens is 1. The number of carbonyl (C=O) groups excluding carboxylic acids is 1. The summed E-state index contributed by atoms with van der Waals surface area (Å²) in [5.74, 6) is 0.518. The predicted octanol–water partition coefficient (Wildman–Crippen LogP) is 5.77. The predicted molar refractivity (Wildman–Crippen MR) is 120 cm³/mol. The summed E-state index contributed by atoms with van der Waals surface area (Å²) in [4.78, 5) is 18.7. The van der Waals surface area contributed by atoms with E-state index in [1.165, 1.54) is 11.3 Å². The van der Waals surface area contributed by atoms with Crippen molar-refractivity contribution in [3.63, 3.8) is 0 Å². The molecule has 0 spiro atoms. The highest BCUT2D eigenvalue weighted by molar-refractivity contribution is 7.22. The molecule has 4 aromatic rings. The van der Waals surface area contributed by atoms with Gasteiger partial charge in [-0.05, 0) is 35.2 Å². The minimum absolute atomic E-state index is 0.191. The van der Waals surface area contributed by atoms with Crippen molar-refractivity contribution in [2.24, 2.45) is 0 Å². The third kappa shape index (κ3) is 4.74. The van der Waals surface area contributed by atoms with E-state index >= 15 is 0 Å². The van der Waals surface area contributed by atoms with Crippen LogP contribution in [-0.4, -0.2) is 10.9 Å². The maximum absolute atomic E-state index is 12.7. The van der Waals surface area contributed by atoms with Gasteiger partial charge in [-0.3, -0.25) is 4.79 Å². The van der Waals surface area contributed by atoms with Crippen LogP contribution in [0.1, 0.15) is 20.8 Å². The number of thiophene rings is 1. The van der Waals surface area contributed by atoms with Crippen molar-refractivity contribution in [1.29, 1.82) is 5.26 Å². The number of para-hydroxylation sites is 1.